The maximum absolute atomic E-state index is 12.5. The lowest BCUT2D eigenvalue weighted by atomic mass is 10.2. The summed E-state index contributed by atoms with van der Waals surface area (Å²) in [6, 6.07) is 3.35. The topological polar surface area (TPSA) is 71.4 Å². The molecule has 0 atom stereocenters. The lowest BCUT2D eigenvalue weighted by Gasteiger charge is -2.21. The second-order valence-electron chi connectivity index (χ2n) is 5.98. The zero-order chi connectivity index (χ0) is 16.8. The number of anilines is 1. The molecule has 0 bridgehead atoms. The number of hydrogen-bond acceptors (Lipinski definition) is 3. The summed E-state index contributed by atoms with van der Waals surface area (Å²) >= 11 is 0. The van der Waals surface area contributed by atoms with Gasteiger partial charge >= 0.3 is 0 Å². The Hall–Kier alpha value is -2.11. The molecule has 1 N–H and O–H groups in total. The highest BCUT2D eigenvalue weighted by molar-refractivity contribution is 5.90. The molecule has 0 radical (unpaired) electrons. The Morgan fingerprint density at radius 1 is 1.13 bits per heavy atom. The van der Waals surface area contributed by atoms with Gasteiger partial charge in [-0.25, -0.2) is 0 Å². The van der Waals surface area contributed by atoms with E-state index in [1.54, 1.807) is 26.0 Å². The Morgan fingerprint density at radius 3 is 2.39 bits per heavy atom. The van der Waals surface area contributed by atoms with E-state index in [-0.39, 0.29) is 29.6 Å². The van der Waals surface area contributed by atoms with Crippen molar-refractivity contribution in [2.45, 2.75) is 52.5 Å². The monoisotopic (exact) mass is 319 g/mol. The van der Waals surface area contributed by atoms with Gasteiger partial charge in [-0.15, -0.1) is 0 Å². The van der Waals surface area contributed by atoms with Gasteiger partial charge in [0.05, 0.1) is 0 Å². The van der Waals surface area contributed by atoms with E-state index < -0.39 is 0 Å². The Labute approximate surface area is 136 Å². The molecule has 1 fully saturated rings. The molecular weight excluding hydrogens is 294 g/mol. The van der Waals surface area contributed by atoms with Crippen LogP contribution in [0.2, 0.25) is 0 Å². The van der Waals surface area contributed by atoms with Crippen molar-refractivity contribution in [1.29, 1.82) is 0 Å². The van der Waals surface area contributed by atoms with E-state index in [2.05, 4.69) is 5.32 Å². The molecule has 1 aromatic heterocycles. The number of carbonyl (C=O) groups excluding carboxylic acids is 2. The van der Waals surface area contributed by atoms with Crippen LogP contribution in [0.1, 0.15) is 44.7 Å². The molecule has 23 heavy (non-hydrogen) atoms. The maximum Gasteiger partial charge on any atom is 0.274 e. The number of aromatic nitrogens is 1. The van der Waals surface area contributed by atoms with Crippen molar-refractivity contribution in [3.63, 3.8) is 0 Å². The van der Waals surface area contributed by atoms with Crippen molar-refractivity contribution in [2.24, 2.45) is 0 Å². The van der Waals surface area contributed by atoms with Crippen molar-refractivity contribution in [1.82, 2.24) is 9.47 Å². The second kappa shape index (κ2) is 7.94. The first-order valence-corrected chi connectivity index (χ1v) is 8.31. The molecular formula is C17H25N3O3. The van der Waals surface area contributed by atoms with Crippen molar-refractivity contribution in [3.8, 4) is 0 Å². The van der Waals surface area contributed by atoms with E-state index in [9.17, 15) is 14.4 Å². The van der Waals surface area contributed by atoms with Crippen LogP contribution in [0.3, 0.4) is 0 Å². The SMILES string of the molecule is CCC(=O)Nc1ccc(C)n(CC(=O)N2CCCCCC2)c1=O. The predicted octanol–water partition coefficient (Wildman–Crippen LogP) is 1.91. The zero-order valence-electron chi connectivity index (χ0n) is 13.9. The Morgan fingerprint density at radius 2 is 1.78 bits per heavy atom. The van der Waals surface area contributed by atoms with Crippen LogP contribution in [0.4, 0.5) is 5.69 Å². The van der Waals surface area contributed by atoms with Crippen molar-refractivity contribution < 1.29 is 9.59 Å². The first kappa shape index (κ1) is 17.2. The lowest BCUT2D eigenvalue weighted by molar-refractivity contribution is -0.131. The number of pyridine rings is 1. The summed E-state index contributed by atoms with van der Waals surface area (Å²) < 4.78 is 1.44. The van der Waals surface area contributed by atoms with Gasteiger partial charge in [0.15, 0.2) is 0 Å². The van der Waals surface area contributed by atoms with E-state index in [1.807, 2.05) is 4.90 Å². The minimum atomic E-state index is -0.324. The smallest absolute Gasteiger partial charge is 0.274 e. The van der Waals surface area contributed by atoms with Gasteiger partial charge in [-0.2, -0.15) is 0 Å². The number of hydrogen-bond donors (Lipinski definition) is 1. The molecule has 2 heterocycles. The van der Waals surface area contributed by atoms with Crippen LogP contribution in [0, 0.1) is 6.92 Å². The van der Waals surface area contributed by atoms with Gasteiger partial charge in [-0.1, -0.05) is 19.8 Å². The van der Waals surface area contributed by atoms with Gasteiger partial charge in [0.2, 0.25) is 11.8 Å². The van der Waals surface area contributed by atoms with Crippen LogP contribution in [-0.4, -0.2) is 34.4 Å². The highest BCUT2D eigenvalue weighted by Crippen LogP contribution is 2.11. The zero-order valence-corrected chi connectivity index (χ0v) is 13.9. The molecule has 1 saturated heterocycles. The number of nitrogens with zero attached hydrogens (tertiary/aromatic N) is 2. The molecule has 6 nitrogen and oxygen atoms in total. The summed E-state index contributed by atoms with van der Waals surface area (Å²) in [5.74, 6) is -0.243. The van der Waals surface area contributed by atoms with Crippen LogP contribution in [0.5, 0.6) is 0 Å². The molecule has 0 aromatic carbocycles. The summed E-state index contributed by atoms with van der Waals surface area (Å²) in [7, 11) is 0. The summed E-state index contributed by atoms with van der Waals surface area (Å²) in [5, 5.41) is 2.59. The van der Waals surface area contributed by atoms with Crippen LogP contribution in [-0.2, 0) is 16.1 Å². The Balaban J connectivity index is 2.18. The number of carbonyl (C=O) groups is 2. The average Bonchev–Trinajstić information content (AvgIpc) is 2.83. The highest BCUT2D eigenvalue weighted by Gasteiger charge is 2.18. The van der Waals surface area contributed by atoms with Gasteiger partial charge in [0.1, 0.15) is 12.2 Å². The van der Waals surface area contributed by atoms with Gasteiger partial charge in [0.25, 0.3) is 5.56 Å². The Kier molecular flexibility index (Phi) is 5.96. The quantitative estimate of drug-likeness (QED) is 0.921. The van der Waals surface area contributed by atoms with Crippen molar-refractivity contribution in [3.05, 3.63) is 28.2 Å². The molecule has 6 heteroatoms. The molecule has 1 aromatic rings. The molecule has 1 aliphatic rings. The summed E-state index contributed by atoms with van der Waals surface area (Å²) in [6.07, 6.45) is 4.65. The molecule has 2 rings (SSSR count). The fraction of sp³-hybridized carbons (Fsp3) is 0.588. The number of rotatable bonds is 4. The van der Waals surface area contributed by atoms with E-state index in [1.165, 1.54) is 4.57 Å². The number of likely N-dealkylation sites (tertiary alicyclic amines) is 1. The van der Waals surface area contributed by atoms with Crippen LogP contribution in [0.25, 0.3) is 0 Å². The molecule has 0 saturated carbocycles. The van der Waals surface area contributed by atoms with E-state index in [4.69, 9.17) is 0 Å². The summed E-state index contributed by atoms with van der Waals surface area (Å²) in [6.45, 7) is 5.08. The molecule has 126 valence electrons. The minimum absolute atomic E-state index is 0.0283. The third kappa shape index (κ3) is 4.43. The van der Waals surface area contributed by atoms with E-state index in [0.717, 1.165) is 38.8 Å². The molecule has 0 unspecified atom stereocenters. The van der Waals surface area contributed by atoms with Crippen LogP contribution >= 0.6 is 0 Å². The highest BCUT2D eigenvalue weighted by atomic mass is 16.2. The second-order valence-corrected chi connectivity index (χ2v) is 5.98. The standard InChI is InChI=1S/C17H25N3O3/c1-3-15(21)18-14-9-8-13(2)20(17(14)23)12-16(22)19-10-6-4-5-7-11-19/h8-9H,3-7,10-12H2,1-2H3,(H,18,21). The minimum Gasteiger partial charge on any atom is -0.341 e. The molecule has 1 aliphatic heterocycles. The number of nitrogens with one attached hydrogen (secondary N) is 1. The van der Waals surface area contributed by atoms with E-state index in [0.29, 0.717) is 12.1 Å². The van der Waals surface area contributed by atoms with Gasteiger partial charge < -0.3 is 14.8 Å². The van der Waals surface area contributed by atoms with E-state index >= 15 is 0 Å². The molecule has 2 amide bonds. The van der Waals surface area contributed by atoms with Gasteiger partial charge in [-0.05, 0) is 31.9 Å². The first-order chi connectivity index (χ1) is 11.0. The number of amides is 2. The van der Waals surface area contributed by atoms with Gasteiger partial charge in [0, 0.05) is 25.2 Å². The molecule has 0 aliphatic carbocycles. The van der Waals surface area contributed by atoms with Crippen LogP contribution < -0.4 is 10.9 Å². The summed E-state index contributed by atoms with van der Waals surface area (Å²) in [5.41, 5.74) is 0.619. The molecule has 0 spiro atoms. The fourth-order valence-electron chi connectivity index (χ4n) is 2.76. The lowest BCUT2D eigenvalue weighted by Crippen LogP contribution is -2.38. The number of aryl methyl sites for hydroxylation is 1. The third-order valence-corrected chi connectivity index (χ3v) is 4.24. The first-order valence-electron chi connectivity index (χ1n) is 8.31. The van der Waals surface area contributed by atoms with Crippen molar-refractivity contribution in [2.75, 3.05) is 18.4 Å². The van der Waals surface area contributed by atoms with Crippen LogP contribution in [0.15, 0.2) is 16.9 Å². The Bertz CT molecular complexity index is 628. The fourth-order valence-corrected chi connectivity index (χ4v) is 2.76. The normalized spacial score (nSPS) is 15.1. The summed E-state index contributed by atoms with van der Waals surface area (Å²) in [4.78, 5) is 38.3. The third-order valence-electron chi connectivity index (χ3n) is 4.24. The average molecular weight is 319 g/mol. The largest absolute Gasteiger partial charge is 0.341 e. The van der Waals surface area contributed by atoms with Gasteiger partial charge in [-0.3, -0.25) is 14.4 Å². The predicted molar refractivity (Wildman–Crippen MR) is 89.4 cm³/mol. The van der Waals surface area contributed by atoms with Crippen molar-refractivity contribution >= 4 is 17.5 Å². The maximum atomic E-state index is 12.5.